The molecule has 35 heavy (non-hydrogen) atoms. The van der Waals surface area contributed by atoms with Gasteiger partial charge in [0.25, 0.3) is 11.6 Å². The van der Waals surface area contributed by atoms with Crippen LogP contribution in [0.1, 0.15) is 29.0 Å². The Morgan fingerprint density at radius 1 is 1.14 bits per heavy atom. The molecule has 1 aliphatic rings. The van der Waals surface area contributed by atoms with Crippen molar-refractivity contribution in [3.63, 3.8) is 0 Å². The SMILES string of the molecule is C=CC(OC)=C(C)/C=C/C=C1/C(=O)N(c2cc(C)cc(C)c2)C(c2cccc([N+](C)=O)c2)S1(=O)=O. The Morgan fingerprint density at radius 3 is 2.37 bits per heavy atom. The zero-order chi connectivity index (χ0) is 25.9. The predicted molar refractivity (Wildman–Crippen MR) is 138 cm³/mol. The summed E-state index contributed by atoms with van der Waals surface area (Å²) in [5.74, 6) is -0.101. The van der Waals surface area contributed by atoms with E-state index in [1.807, 2.05) is 19.9 Å². The summed E-state index contributed by atoms with van der Waals surface area (Å²) < 4.78 is 33.4. The fourth-order valence-electron chi connectivity index (χ4n) is 4.08. The molecule has 0 radical (unpaired) electrons. The number of allylic oxidation sites excluding steroid dienone is 5. The third kappa shape index (κ3) is 5.17. The number of amides is 1. The average molecular weight is 494 g/mol. The van der Waals surface area contributed by atoms with E-state index in [0.717, 1.165) is 16.7 Å². The van der Waals surface area contributed by atoms with Gasteiger partial charge in [0.2, 0.25) is 9.84 Å². The van der Waals surface area contributed by atoms with Crippen LogP contribution in [0.4, 0.5) is 11.4 Å². The summed E-state index contributed by atoms with van der Waals surface area (Å²) >= 11 is 0. The maximum atomic E-state index is 13.8. The normalized spacial score (nSPS) is 19.2. The number of benzene rings is 2. The van der Waals surface area contributed by atoms with Crippen LogP contribution in [0.15, 0.2) is 89.6 Å². The number of nitrogens with zero attached hydrogens (tertiary/aromatic N) is 2. The van der Waals surface area contributed by atoms with E-state index < -0.39 is 21.1 Å². The van der Waals surface area contributed by atoms with E-state index in [1.54, 1.807) is 49.4 Å². The molecule has 7 nitrogen and oxygen atoms in total. The zero-order valence-electron chi connectivity index (χ0n) is 20.5. The van der Waals surface area contributed by atoms with E-state index in [1.165, 1.54) is 37.3 Å². The van der Waals surface area contributed by atoms with Crippen molar-refractivity contribution >= 4 is 27.1 Å². The van der Waals surface area contributed by atoms with Crippen molar-refractivity contribution in [2.45, 2.75) is 26.1 Å². The van der Waals surface area contributed by atoms with Crippen LogP contribution in [0.2, 0.25) is 0 Å². The number of carbonyl (C=O) groups excluding carboxylic acids is 1. The fourth-order valence-corrected chi connectivity index (χ4v) is 5.93. The van der Waals surface area contributed by atoms with Crippen molar-refractivity contribution in [1.82, 2.24) is 0 Å². The Labute approximate surface area is 206 Å². The maximum absolute atomic E-state index is 13.8. The van der Waals surface area contributed by atoms with Gasteiger partial charge in [-0.05, 0) is 67.3 Å². The highest BCUT2D eigenvalue weighted by molar-refractivity contribution is 7.97. The first kappa shape index (κ1) is 25.8. The van der Waals surface area contributed by atoms with Crippen molar-refractivity contribution in [2.75, 3.05) is 19.1 Å². The number of sulfone groups is 1. The predicted octanol–water partition coefficient (Wildman–Crippen LogP) is 5.35. The Hall–Kier alpha value is -3.78. The molecule has 0 N–H and O–H groups in total. The highest BCUT2D eigenvalue weighted by Gasteiger charge is 2.50. The van der Waals surface area contributed by atoms with Gasteiger partial charge in [0.05, 0.1) is 7.11 Å². The fraction of sp³-hybridized carbons (Fsp3) is 0.222. The molecule has 2 aromatic rings. The number of carbonyl (C=O) groups is 1. The summed E-state index contributed by atoms with van der Waals surface area (Å²) in [4.78, 5) is 26.4. The Kier molecular flexibility index (Phi) is 7.55. The molecule has 1 amide bonds. The molecule has 0 aromatic heterocycles. The molecular formula is C27H29N2O5S+. The number of ether oxygens (including phenoxy) is 1. The lowest BCUT2D eigenvalue weighted by Gasteiger charge is -2.24. The summed E-state index contributed by atoms with van der Waals surface area (Å²) in [5.41, 5.74) is 3.60. The standard InChI is InChI=1S/C27H29N2O5S/c1-7-24(34-6)20(4)10-8-13-25-26(30)29(23-15-18(2)14-19(3)16-23)27(35(25,32)33)21-11-9-12-22(17-21)28(5)31/h7-17,27H,1H2,2-6H3/q+1/b10-8+,24-20?,25-13-. The minimum atomic E-state index is -4.13. The van der Waals surface area contributed by atoms with E-state index in [4.69, 9.17) is 4.74 Å². The van der Waals surface area contributed by atoms with Crippen molar-refractivity contribution in [2.24, 2.45) is 0 Å². The highest BCUT2D eigenvalue weighted by atomic mass is 32.2. The molecule has 0 bridgehead atoms. The summed E-state index contributed by atoms with van der Waals surface area (Å²) in [5, 5.41) is -1.31. The van der Waals surface area contributed by atoms with Crippen LogP contribution in [-0.4, -0.2) is 33.2 Å². The molecule has 1 atom stereocenters. The minimum Gasteiger partial charge on any atom is -0.497 e. The maximum Gasteiger partial charge on any atom is 0.271 e. The van der Waals surface area contributed by atoms with Crippen LogP contribution in [0.5, 0.6) is 0 Å². The second-order valence-corrected chi connectivity index (χ2v) is 10.3. The van der Waals surface area contributed by atoms with Crippen LogP contribution in [0, 0.1) is 18.8 Å². The number of hydrogen-bond acceptors (Lipinski definition) is 5. The summed E-state index contributed by atoms with van der Waals surface area (Å²) in [6.45, 7) is 9.24. The van der Waals surface area contributed by atoms with E-state index in [2.05, 4.69) is 6.58 Å². The topological polar surface area (TPSA) is 83.8 Å². The molecular weight excluding hydrogens is 464 g/mol. The molecule has 8 heteroatoms. The summed E-state index contributed by atoms with van der Waals surface area (Å²) in [6, 6.07) is 11.8. The first-order chi connectivity index (χ1) is 16.5. The van der Waals surface area contributed by atoms with Crippen molar-refractivity contribution < 1.29 is 22.7 Å². The van der Waals surface area contributed by atoms with Gasteiger partial charge in [0.15, 0.2) is 12.4 Å². The number of aryl methyl sites for hydroxylation is 2. The van der Waals surface area contributed by atoms with Crippen LogP contribution < -0.4 is 4.90 Å². The second kappa shape index (κ2) is 10.2. The quantitative estimate of drug-likeness (QED) is 0.225. The number of anilines is 1. The largest absolute Gasteiger partial charge is 0.497 e. The van der Waals surface area contributed by atoms with E-state index >= 15 is 0 Å². The third-order valence-electron chi connectivity index (χ3n) is 5.66. The molecule has 1 unspecified atom stereocenters. The van der Waals surface area contributed by atoms with Gasteiger partial charge in [0, 0.05) is 27.5 Å². The highest BCUT2D eigenvalue weighted by Crippen LogP contribution is 2.43. The Bertz CT molecular complexity index is 1380. The zero-order valence-corrected chi connectivity index (χ0v) is 21.3. The van der Waals surface area contributed by atoms with Crippen LogP contribution in [0.3, 0.4) is 0 Å². The molecule has 1 fully saturated rings. The Morgan fingerprint density at radius 2 is 1.80 bits per heavy atom. The van der Waals surface area contributed by atoms with Gasteiger partial charge in [-0.3, -0.25) is 9.69 Å². The molecule has 2 aromatic carbocycles. The van der Waals surface area contributed by atoms with E-state index in [-0.39, 0.29) is 4.91 Å². The van der Waals surface area contributed by atoms with Gasteiger partial charge in [-0.15, -0.1) is 0 Å². The van der Waals surface area contributed by atoms with E-state index in [0.29, 0.717) is 27.5 Å². The van der Waals surface area contributed by atoms with Crippen molar-refractivity contribution in [3.8, 4) is 0 Å². The third-order valence-corrected chi connectivity index (χ3v) is 7.65. The molecule has 1 aliphatic heterocycles. The molecule has 0 saturated carbocycles. The first-order valence-corrected chi connectivity index (χ1v) is 12.5. The number of rotatable bonds is 7. The number of methoxy groups -OCH3 is 1. The van der Waals surface area contributed by atoms with Gasteiger partial charge in [-0.2, -0.15) is 0 Å². The summed E-state index contributed by atoms with van der Waals surface area (Å²) in [6.07, 6.45) is 6.00. The van der Waals surface area contributed by atoms with Crippen LogP contribution in [-0.2, 0) is 19.4 Å². The van der Waals surface area contributed by atoms with Crippen LogP contribution in [0.25, 0.3) is 0 Å². The molecule has 1 saturated heterocycles. The lowest BCUT2D eigenvalue weighted by Crippen LogP contribution is -2.29. The number of hydrogen-bond donors (Lipinski definition) is 0. The van der Waals surface area contributed by atoms with Gasteiger partial charge < -0.3 is 4.74 Å². The lowest BCUT2D eigenvalue weighted by atomic mass is 10.1. The van der Waals surface area contributed by atoms with Crippen LogP contribution >= 0.6 is 0 Å². The minimum absolute atomic E-state index is 0.292. The van der Waals surface area contributed by atoms with Crippen molar-refractivity contribution in [1.29, 1.82) is 0 Å². The molecule has 3 rings (SSSR count). The van der Waals surface area contributed by atoms with Gasteiger partial charge in [-0.25, -0.2) is 8.42 Å². The summed E-state index contributed by atoms with van der Waals surface area (Å²) in [7, 11) is -1.28. The average Bonchev–Trinajstić information content (AvgIpc) is 2.99. The molecule has 0 aliphatic carbocycles. The lowest BCUT2D eigenvalue weighted by molar-refractivity contribution is -0.428. The smallest absolute Gasteiger partial charge is 0.271 e. The molecule has 1 heterocycles. The second-order valence-electron chi connectivity index (χ2n) is 8.36. The van der Waals surface area contributed by atoms with E-state index in [9.17, 15) is 18.1 Å². The first-order valence-electron chi connectivity index (χ1n) is 10.9. The van der Waals surface area contributed by atoms with Gasteiger partial charge >= 0.3 is 0 Å². The molecule has 0 spiro atoms. The monoisotopic (exact) mass is 493 g/mol. The van der Waals surface area contributed by atoms with Crippen molar-refractivity contribution in [3.05, 3.63) is 111 Å². The van der Waals surface area contributed by atoms with Gasteiger partial charge in [-0.1, -0.05) is 36.9 Å². The molecule has 182 valence electrons. The number of nitroso groups, excluding NO2 is 1. The van der Waals surface area contributed by atoms with Gasteiger partial charge in [0.1, 0.15) is 10.7 Å². The Balaban J connectivity index is 2.22.